The van der Waals surface area contributed by atoms with Crippen LogP contribution in [0.4, 0.5) is 0 Å². The van der Waals surface area contributed by atoms with E-state index in [0.717, 1.165) is 25.7 Å². The number of rotatable bonds is 2. The molecule has 0 spiro atoms. The highest BCUT2D eigenvalue weighted by Crippen LogP contribution is 2.41. The third-order valence-corrected chi connectivity index (χ3v) is 5.14. The average Bonchev–Trinajstić information content (AvgIpc) is 2.51. The lowest BCUT2D eigenvalue weighted by atomic mass is 9.71. The van der Waals surface area contributed by atoms with E-state index >= 15 is 0 Å². The van der Waals surface area contributed by atoms with E-state index in [1.165, 1.54) is 0 Å². The lowest BCUT2D eigenvalue weighted by Gasteiger charge is -2.34. The Bertz CT molecular complexity index is 657. The number of aliphatic hydroxyl groups excluding tert-OH is 1. The molecule has 116 valence electrons. The molecule has 0 amide bonds. The fourth-order valence-corrected chi connectivity index (χ4v) is 3.56. The van der Waals surface area contributed by atoms with Crippen LogP contribution in [0.3, 0.4) is 0 Å². The SMILES string of the molecule is CC1(C)CCC(CC2=C(O)c3ccccc3C(=O)C2=O)CC1. The van der Waals surface area contributed by atoms with Gasteiger partial charge < -0.3 is 5.11 Å². The lowest BCUT2D eigenvalue weighted by Crippen LogP contribution is -2.27. The van der Waals surface area contributed by atoms with Crippen molar-refractivity contribution in [2.75, 3.05) is 0 Å². The van der Waals surface area contributed by atoms with Gasteiger partial charge in [-0.3, -0.25) is 9.59 Å². The van der Waals surface area contributed by atoms with Crippen molar-refractivity contribution in [1.29, 1.82) is 0 Å². The van der Waals surface area contributed by atoms with Crippen molar-refractivity contribution in [2.45, 2.75) is 46.0 Å². The number of Topliss-reactive ketones (excluding diaryl/α,β-unsaturated/α-hetero) is 2. The zero-order chi connectivity index (χ0) is 15.9. The summed E-state index contributed by atoms with van der Waals surface area (Å²) in [5.74, 6) is -0.627. The van der Waals surface area contributed by atoms with Crippen molar-refractivity contribution >= 4 is 17.3 Å². The molecule has 2 aliphatic rings. The summed E-state index contributed by atoms with van der Waals surface area (Å²) in [5, 5.41) is 10.4. The Morgan fingerprint density at radius 1 is 1.05 bits per heavy atom. The van der Waals surface area contributed by atoms with Crippen LogP contribution in [-0.4, -0.2) is 16.7 Å². The van der Waals surface area contributed by atoms with E-state index in [2.05, 4.69) is 13.8 Å². The smallest absolute Gasteiger partial charge is 0.234 e. The molecule has 1 saturated carbocycles. The van der Waals surface area contributed by atoms with Gasteiger partial charge in [0.1, 0.15) is 5.76 Å². The molecule has 0 aliphatic heterocycles. The number of carbonyl (C=O) groups is 2. The van der Waals surface area contributed by atoms with E-state index in [0.29, 0.717) is 34.5 Å². The van der Waals surface area contributed by atoms with Crippen molar-refractivity contribution in [3.8, 4) is 0 Å². The molecule has 22 heavy (non-hydrogen) atoms. The first kappa shape index (κ1) is 15.0. The fraction of sp³-hybridized carbons (Fsp3) is 0.474. The Morgan fingerprint density at radius 2 is 1.64 bits per heavy atom. The van der Waals surface area contributed by atoms with Gasteiger partial charge in [0.25, 0.3) is 0 Å². The summed E-state index contributed by atoms with van der Waals surface area (Å²) < 4.78 is 0. The Balaban J connectivity index is 1.87. The van der Waals surface area contributed by atoms with Crippen molar-refractivity contribution in [2.24, 2.45) is 11.3 Å². The molecule has 1 aromatic carbocycles. The molecule has 0 saturated heterocycles. The summed E-state index contributed by atoms with van der Waals surface area (Å²) in [7, 11) is 0. The van der Waals surface area contributed by atoms with Crippen LogP contribution in [0.15, 0.2) is 29.8 Å². The van der Waals surface area contributed by atoms with Gasteiger partial charge in [-0.1, -0.05) is 38.1 Å². The number of carbonyl (C=O) groups excluding carboxylic acids is 2. The van der Waals surface area contributed by atoms with E-state index < -0.39 is 11.6 Å². The van der Waals surface area contributed by atoms with Gasteiger partial charge in [0.2, 0.25) is 11.6 Å². The molecule has 0 atom stereocenters. The molecule has 0 unspecified atom stereocenters. The number of ketones is 2. The number of allylic oxidation sites excluding steroid dienone is 1. The van der Waals surface area contributed by atoms with E-state index in [-0.39, 0.29) is 5.76 Å². The molecular weight excluding hydrogens is 276 g/mol. The summed E-state index contributed by atoms with van der Waals surface area (Å²) in [6.45, 7) is 4.54. The topological polar surface area (TPSA) is 54.4 Å². The van der Waals surface area contributed by atoms with Gasteiger partial charge in [0.15, 0.2) is 0 Å². The Kier molecular flexibility index (Phi) is 3.67. The molecule has 3 rings (SSSR count). The van der Waals surface area contributed by atoms with Crippen LogP contribution in [-0.2, 0) is 4.79 Å². The van der Waals surface area contributed by atoms with Gasteiger partial charge in [-0.25, -0.2) is 0 Å². The van der Waals surface area contributed by atoms with Crippen LogP contribution in [0.5, 0.6) is 0 Å². The number of hydrogen-bond donors (Lipinski definition) is 1. The van der Waals surface area contributed by atoms with Crippen molar-refractivity contribution in [1.82, 2.24) is 0 Å². The molecule has 0 heterocycles. The molecular formula is C19H22O3. The second-order valence-corrected chi connectivity index (χ2v) is 7.34. The number of benzene rings is 1. The van der Waals surface area contributed by atoms with Crippen LogP contribution >= 0.6 is 0 Å². The number of aliphatic hydroxyl groups is 1. The standard InChI is InChI=1S/C19H22O3/c1-19(2)9-7-12(8-10-19)11-15-16(20)13-5-3-4-6-14(13)17(21)18(15)22/h3-6,12,20H,7-11H2,1-2H3. The summed E-state index contributed by atoms with van der Waals surface area (Å²) in [5.41, 5.74) is 1.50. The van der Waals surface area contributed by atoms with Crippen LogP contribution in [0.2, 0.25) is 0 Å². The lowest BCUT2D eigenvalue weighted by molar-refractivity contribution is -0.112. The summed E-state index contributed by atoms with van der Waals surface area (Å²) in [4.78, 5) is 24.6. The summed E-state index contributed by atoms with van der Waals surface area (Å²) in [6.07, 6.45) is 4.87. The second kappa shape index (κ2) is 5.38. The van der Waals surface area contributed by atoms with Gasteiger partial charge >= 0.3 is 0 Å². The maximum atomic E-state index is 12.3. The number of hydrogen-bond acceptors (Lipinski definition) is 3. The van der Waals surface area contributed by atoms with Crippen molar-refractivity contribution < 1.29 is 14.7 Å². The van der Waals surface area contributed by atoms with Gasteiger partial charge in [-0.2, -0.15) is 0 Å². The largest absolute Gasteiger partial charge is 0.507 e. The summed E-state index contributed by atoms with van der Waals surface area (Å²) >= 11 is 0. The zero-order valence-electron chi connectivity index (χ0n) is 13.2. The first-order valence-corrected chi connectivity index (χ1v) is 7.99. The Morgan fingerprint density at radius 3 is 2.27 bits per heavy atom. The third kappa shape index (κ3) is 2.60. The van der Waals surface area contributed by atoms with Crippen molar-refractivity contribution in [3.63, 3.8) is 0 Å². The van der Waals surface area contributed by atoms with Crippen LogP contribution in [0.25, 0.3) is 5.76 Å². The quantitative estimate of drug-likeness (QED) is 0.827. The van der Waals surface area contributed by atoms with Crippen LogP contribution < -0.4 is 0 Å². The van der Waals surface area contributed by atoms with Gasteiger partial charge in [-0.05, 0) is 43.4 Å². The highest BCUT2D eigenvalue weighted by atomic mass is 16.3. The van der Waals surface area contributed by atoms with Gasteiger partial charge in [0, 0.05) is 16.7 Å². The van der Waals surface area contributed by atoms with E-state index in [1.807, 2.05) is 0 Å². The predicted octanol–water partition coefficient (Wildman–Crippen LogP) is 4.33. The highest BCUT2D eigenvalue weighted by Gasteiger charge is 2.35. The minimum Gasteiger partial charge on any atom is -0.507 e. The molecule has 3 heteroatoms. The molecule has 1 fully saturated rings. The molecule has 1 aromatic rings. The van der Waals surface area contributed by atoms with E-state index in [9.17, 15) is 14.7 Å². The third-order valence-electron chi connectivity index (χ3n) is 5.14. The monoisotopic (exact) mass is 298 g/mol. The summed E-state index contributed by atoms with van der Waals surface area (Å²) in [6, 6.07) is 6.80. The fourth-order valence-electron chi connectivity index (χ4n) is 3.56. The van der Waals surface area contributed by atoms with Crippen LogP contribution in [0, 0.1) is 11.3 Å². The molecule has 0 aromatic heterocycles. The normalized spacial score (nSPS) is 21.9. The predicted molar refractivity (Wildman–Crippen MR) is 85.7 cm³/mol. The van der Waals surface area contributed by atoms with E-state index in [4.69, 9.17) is 0 Å². The van der Waals surface area contributed by atoms with Gasteiger partial charge in [0.05, 0.1) is 0 Å². The number of fused-ring (bicyclic) bond motifs is 1. The van der Waals surface area contributed by atoms with Gasteiger partial charge in [-0.15, -0.1) is 0 Å². The molecule has 1 N–H and O–H groups in total. The molecule has 0 bridgehead atoms. The van der Waals surface area contributed by atoms with Crippen LogP contribution in [0.1, 0.15) is 61.9 Å². The van der Waals surface area contributed by atoms with Crippen molar-refractivity contribution in [3.05, 3.63) is 41.0 Å². The Labute approximate surface area is 131 Å². The maximum Gasteiger partial charge on any atom is 0.234 e. The molecule has 2 aliphatic carbocycles. The average molecular weight is 298 g/mol. The minimum atomic E-state index is -0.527. The minimum absolute atomic E-state index is 0.00466. The first-order valence-electron chi connectivity index (χ1n) is 7.99. The zero-order valence-corrected chi connectivity index (χ0v) is 13.2. The Hall–Kier alpha value is -1.90. The first-order chi connectivity index (χ1) is 10.4. The maximum absolute atomic E-state index is 12.3. The van der Waals surface area contributed by atoms with E-state index in [1.54, 1.807) is 24.3 Å². The highest BCUT2D eigenvalue weighted by molar-refractivity contribution is 6.52. The molecule has 3 nitrogen and oxygen atoms in total. The molecule has 0 radical (unpaired) electrons. The second-order valence-electron chi connectivity index (χ2n) is 7.34.